The van der Waals surface area contributed by atoms with E-state index in [1.807, 2.05) is 18.7 Å². The van der Waals surface area contributed by atoms with Crippen molar-refractivity contribution >= 4 is 5.91 Å². The minimum absolute atomic E-state index is 0.145. The molecule has 0 bridgehead atoms. The van der Waals surface area contributed by atoms with Crippen molar-refractivity contribution < 1.29 is 9.90 Å². The van der Waals surface area contributed by atoms with Crippen LogP contribution in [-0.2, 0) is 11.2 Å². The SMILES string of the molecule is Cc1n[nH]c(C)c1CC(=O)N1C[C@@H](CN2CCN(C)CC2)[C@@H](CO)C1. The number of piperazine rings is 1. The molecule has 0 unspecified atom stereocenters. The summed E-state index contributed by atoms with van der Waals surface area (Å²) < 4.78 is 0. The number of aromatic nitrogens is 2. The lowest BCUT2D eigenvalue weighted by molar-refractivity contribution is -0.129. The molecule has 3 heterocycles. The van der Waals surface area contributed by atoms with Gasteiger partial charge in [-0.15, -0.1) is 0 Å². The summed E-state index contributed by atoms with van der Waals surface area (Å²) in [5.74, 6) is 0.700. The number of aliphatic hydroxyl groups excluding tert-OH is 1. The summed E-state index contributed by atoms with van der Waals surface area (Å²) in [6.07, 6.45) is 0.396. The predicted molar refractivity (Wildman–Crippen MR) is 96.3 cm³/mol. The molecule has 0 aromatic carbocycles. The van der Waals surface area contributed by atoms with Gasteiger partial charge in [-0.3, -0.25) is 9.89 Å². The van der Waals surface area contributed by atoms with Crippen LogP contribution in [0.25, 0.3) is 0 Å². The average Bonchev–Trinajstić information content (AvgIpc) is 3.15. The zero-order valence-electron chi connectivity index (χ0n) is 15.7. The van der Waals surface area contributed by atoms with Gasteiger partial charge in [0.05, 0.1) is 12.1 Å². The van der Waals surface area contributed by atoms with Crippen LogP contribution in [0.15, 0.2) is 0 Å². The van der Waals surface area contributed by atoms with Gasteiger partial charge in [-0.1, -0.05) is 0 Å². The Morgan fingerprint density at radius 2 is 1.88 bits per heavy atom. The molecular weight excluding hydrogens is 318 g/mol. The number of carbonyl (C=O) groups excluding carboxylic acids is 1. The van der Waals surface area contributed by atoms with Crippen LogP contribution in [0.5, 0.6) is 0 Å². The quantitative estimate of drug-likeness (QED) is 0.775. The molecule has 7 nitrogen and oxygen atoms in total. The van der Waals surface area contributed by atoms with E-state index in [1.54, 1.807) is 0 Å². The number of nitrogens with one attached hydrogen (secondary N) is 1. The Kier molecular flexibility index (Phi) is 5.76. The Morgan fingerprint density at radius 1 is 1.20 bits per heavy atom. The van der Waals surface area contributed by atoms with Crippen molar-refractivity contribution in [3.05, 3.63) is 17.0 Å². The third-order valence-electron chi connectivity index (χ3n) is 5.86. The summed E-state index contributed by atoms with van der Waals surface area (Å²) in [6.45, 7) is 10.8. The second kappa shape index (κ2) is 7.85. The largest absolute Gasteiger partial charge is 0.396 e. The van der Waals surface area contributed by atoms with Crippen molar-refractivity contribution in [2.24, 2.45) is 11.8 Å². The number of carbonyl (C=O) groups is 1. The third kappa shape index (κ3) is 4.22. The Labute approximate surface area is 150 Å². The number of likely N-dealkylation sites (tertiary alicyclic amines) is 1. The maximum Gasteiger partial charge on any atom is 0.227 e. The summed E-state index contributed by atoms with van der Waals surface area (Å²) in [7, 11) is 2.16. The molecule has 0 aliphatic carbocycles. The average molecular weight is 349 g/mol. The third-order valence-corrected chi connectivity index (χ3v) is 5.86. The van der Waals surface area contributed by atoms with Gasteiger partial charge in [0.1, 0.15) is 0 Å². The normalized spacial score (nSPS) is 25.7. The molecule has 1 amide bonds. The van der Waals surface area contributed by atoms with Crippen molar-refractivity contribution in [1.29, 1.82) is 0 Å². The van der Waals surface area contributed by atoms with Crippen LogP contribution in [0.1, 0.15) is 17.0 Å². The number of hydrogen-bond donors (Lipinski definition) is 2. The van der Waals surface area contributed by atoms with Crippen molar-refractivity contribution in [1.82, 2.24) is 24.9 Å². The molecule has 2 saturated heterocycles. The van der Waals surface area contributed by atoms with Crippen LogP contribution in [-0.4, -0.2) is 95.4 Å². The van der Waals surface area contributed by atoms with Gasteiger partial charge in [-0.05, 0) is 26.8 Å². The number of aromatic amines is 1. The number of rotatable bonds is 5. The van der Waals surface area contributed by atoms with Gasteiger partial charge in [0, 0.05) is 69.6 Å². The van der Waals surface area contributed by atoms with E-state index < -0.39 is 0 Å². The molecule has 0 spiro atoms. The van der Waals surface area contributed by atoms with E-state index in [1.165, 1.54) is 0 Å². The van der Waals surface area contributed by atoms with Crippen LogP contribution in [0.2, 0.25) is 0 Å². The summed E-state index contributed by atoms with van der Waals surface area (Å²) in [4.78, 5) is 19.5. The molecule has 25 heavy (non-hydrogen) atoms. The van der Waals surface area contributed by atoms with Gasteiger partial charge in [-0.25, -0.2) is 0 Å². The molecule has 2 atom stereocenters. The summed E-state index contributed by atoms with van der Waals surface area (Å²) >= 11 is 0. The number of H-pyrrole nitrogens is 1. The molecular formula is C18H31N5O2. The van der Waals surface area contributed by atoms with Gasteiger partial charge in [0.15, 0.2) is 0 Å². The molecule has 0 saturated carbocycles. The van der Waals surface area contributed by atoms with E-state index in [-0.39, 0.29) is 18.4 Å². The molecule has 7 heteroatoms. The Morgan fingerprint density at radius 3 is 2.48 bits per heavy atom. The highest BCUT2D eigenvalue weighted by Crippen LogP contribution is 2.25. The first-order valence-corrected chi connectivity index (χ1v) is 9.28. The molecule has 2 aliphatic heterocycles. The Bertz CT molecular complexity index is 575. The maximum atomic E-state index is 12.7. The van der Waals surface area contributed by atoms with Crippen LogP contribution in [0.3, 0.4) is 0 Å². The van der Waals surface area contributed by atoms with E-state index in [0.717, 1.165) is 56.2 Å². The van der Waals surface area contributed by atoms with Crippen molar-refractivity contribution in [3.63, 3.8) is 0 Å². The van der Waals surface area contributed by atoms with Gasteiger partial charge >= 0.3 is 0 Å². The highest BCUT2D eigenvalue weighted by molar-refractivity contribution is 5.79. The first-order chi connectivity index (χ1) is 12.0. The van der Waals surface area contributed by atoms with E-state index >= 15 is 0 Å². The second-order valence-electron chi connectivity index (χ2n) is 7.69. The molecule has 2 fully saturated rings. The zero-order chi connectivity index (χ0) is 18.0. The zero-order valence-corrected chi connectivity index (χ0v) is 15.7. The fraction of sp³-hybridized carbons (Fsp3) is 0.778. The number of aliphatic hydroxyl groups is 1. The lowest BCUT2D eigenvalue weighted by atomic mass is 9.96. The molecule has 140 valence electrons. The fourth-order valence-electron chi connectivity index (χ4n) is 4.02. The molecule has 1 aromatic rings. The molecule has 3 rings (SSSR count). The lowest BCUT2D eigenvalue weighted by Gasteiger charge is -2.34. The highest BCUT2D eigenvalue weighted by atomic mass is 16.3. The number of likely N-dealkylation sites (N-methyl/N-ethyl adjacent to an activating group) is 1. The number of aryl methyl sites for hydroxylation is 2. The van der Waals surface area contributed by atoms with Crippen molar-refractivity contribution in [2.45, 2.75) is 20.3 Å². The number of amides is 1. The smallest absolute Gasteiger partial charge is 0.227 e. The summed E-state index contributed by atoms with van der Waals surface area (Å²) in [5.41, 5.74) is 2.88. The predicted octanol–water partition coefficient (Wildman–Crippen LogP) is -0.117. The monoisotopic (exact) mass is 349 g/mol. The van der Waals surface area contributed by atoms with Gasteiger partial charge in [0.25, 0.3) is 0 Å². The van der Waals surface area contributed by atoms with E-state index in [2.05, 4.69) is 27.0 Å². The van der Waals surface area contributed by atoms with Gasteiger partial charge < -0.3 is 19.8 Å². The van der Waals surface area contributed by atoms with Crippen molar-refractivity contribution in [3.8, 4) is 0 Å². The van der Waals surface area contributed by atoms with E-state index in [9.17, 15) is 9.90 Å². The van der Waals surface area contributed by atoms with E-state index in [4.69, 9.17) is 0 Å². The molecule has 1 aromatic heterocycles. The molecule has 0 radical (unpaired) electrons. The highest BCUT2D eigenvalue weighted by Gasteiger charge is 2.36. The fourth-order valence-corrected chi connectivity index (χ4v) is 4.02. The topological polar surface area (TPSA) is 75.7 Å². The number of nitrogens with zero attached hydrogens (tertiary/aromatic N) is 4. The minimum atomic E-state index is 0.145. The minimum Gasteiger partial charge on any atom is -0.396 e. The van der Waals surface area contributed by atoms with Crippen LogP contribution >= 0.6 is 0 Å². The maximum absolute atomic E-state index is 12.7. The summed E-state index contributed by atoms with van der Waals surface area (Å²) in [5, 5.41) is 16.9. The van der Waals surface area contributed by atoms with Crippen LogP contribution in [0.4, 0.5) is 0 Å². The van der Waals surface area contributed by atoms with Crippen LogP contribution in [0, 0.1) is 25.7 Å². The number of hydrogen-bond acceptors (Lipinski definition) is 5. The van der Waals surface area contributed by atoms with Crippen LogP contribution < -0.4 is 0 Å². The standard InChI is InChI=1S/C18H31N5O2/c1-13-17(14(2)20-19-13)8-18(25)23-10-15(16(11-23)12-24)9-22-6-4-21(3)5-7-22/h15-16,24H,4-12H2,1-3H3,(H,19,20)/t15-,16-/m1/s1. The van der Waals surface area contributed by atoms with E-state index in [0.29, 0.717) is 18.9 Å². The van der Waals surface area contributed by atoms with Gasteiger partial charge in [0.2, 0.25) is 5.91 Å². The summed E-state index contributed by atoms with van der Waals surface area (Å²) in [6, 6.07) is 0. The Balaban J connectivity index is 1.58. The molecule has 2 N–H and O–H groups in total. The lowest BCUT2D eigenvalue weighted by Crippen LogP contribution is -2.47. The molecule has 2 aliphatic rings. The Hall–Kier alpha value is -1.44. The van der Waals surface area contributed by atoms with Gasteiger partial charge in [-0.2, -0.15) is 5.10 Å². The first kappa shape index (κ1) is 18.4. The second-order valence-corrected chi connectivity index (χ2v) is 7.69. The first-order valence-electron chi connectivity index (χ1n) is 9.28. The van der Waals surface area contributed by atoms with Crippen molar-refractivity contribution in [2.75, 3.05) is 59.5 Å².